The molecule has 64 valence electrons. The Morgan fingerprint density at radius 2 is 2.36 bits per heavy atom. The number of carbonyl (C=O) groups is 1. The van der Waals surface area contributed by atoms with Gasteiger partial charge in [0.2, 0.25) is 6.29 Å². The number of carbonyl (C=O) groups excluding carboxylic acids is 1. The third-order valence-corrected chi connectivity index (χ3v) is 1.77. The summed E-state index contributed by atoms with van der Waals surface area (Å²) in [5.41, 5.74) is 0. The lowest BCUT2D eigenvalue weighted by Gasteiger charge is -2.29. The smallest absolute Gasteiger partial charge is 0.217 e. The predicted octanol–water partition coefficient (Wildman–Crippen LogP) is -0.302. The van der Waals surface area contributed by atoms with E-state index in [2.05, 4.69) is 0 Å². The first-order valence-electron chi connectivity index (χ1n) is 3.54. The highest BCUT2D eigenvalue weighted by Gasteiger charge is 2.33. The van der Waals surface area contributed by atoms with Crippen molar-refractivity contribution in [2.45, 2.75) is 31.8 Å². The van der Waals surface area contributed by atoms with Crippen molar-refractivity contribution < 1.29 is 19.4 Å². The molecule has 1 rings (SSSR count). The minimum atomic E-state index is -0.784. The molecule has 0 aliphatic carbocycles. The Morgan fingerprint density at radius 1 is 1.73 bits per heavy atom. The Bertz CT molecular complexity index is 157. The van der Waals surface area contributed by atoms with Gasteiger partial charge in [0.05, 0.1) is 12.2 Å². The van der Waals surface area contributed by atoms with E-state index in [9.17, 15) is 4.79 Å². The van der Waals surface area contributed by atoms with E-state index < -0.39 is 12.4 Å². The number of rotatable bonds is 1. The van der Waals surface area contributed by atoms with Crippen molar-refractivity contribution in [3.8, 4) is 0 Å². The Morgan fingerprint density at radius 3 is 2.91 bits per heavy atom. The quantitative estimate of drug-likeness (QED) is 0.572. The first-order chi connectivity index (χ1) is 5.15. The summed E-state index contributed by atoms with van der Waals surface area (Å²) in [6, 6.07) is 0. The summed E-state index contributed by atoms with van der Waals surface area (Å²) in [6.07, 6.45) is -1.67. The summed E-state index contributed by atoms with van der Waals surface area (Å²) in [4.78, 5) is 11.0. The average Bonchev–Trinajstić information content (AvgIpc) is 1.97. The molecule has 0 aromatic heterocycles. The van der Waals surface area contributed by atoms with E-state index in [1.807, 2.05) is 0 Å². The van der Waals surface area contributed by atoms with Crippen molar-refractivity contribution in [1.82, 2.24) is 0 Å². The fourth-order valence-corrected chi connectivity index (χ4v) is 1.02. The van der Waals surface area contributed by atoms with Crippen LogP contribution in [0.3, 0.4) is 0 Å². The fraction of sp³-hybridized carbons (Fsp3) is 0.857. The van der Waals surface area contributed by atoms with Crippen molar-refractivity contribution in [2.75, 3.05) is 7.11 Å². The van der Waals surface area contributed by atoms with Gasteiger partial charge in [-0.2, -0.15) is 0 Å². The van der Waals surface area contributed by atoms with Crippen molar-refractivity contribution in [3.05, 3.63) is 0 Å². The third-order valence-electron chi connectivity index (χ3n) is 1.77. The van der Waals surface area contributed by atoms with Gasteiger partial charge in [0.15, 0.2) is 5.78 Å². The zero-order chi connectivity index (χ0) is 8.43. The SMILES string of the molecule is CO[C@H]1O[C@@H](C)[C@@H](O)CC1=O. The van der Waals surface area contributed by atoms with Gasteiger partial charge in [-0.3, -0.25) is 4.79 Å². The Balaban J connectivity index is 2.55. The maximum atomic E-state index is 11.0. The highest BCUT2D eigenvalue weighted by molar-refractivity contribution is 5.83. The van der Waals surface area contributed by atoms with Crippen LogP contribution in [0.15, 0.2) is 0 Å². The van der Waals surface area contributed by atoms with Crippen LogP contribution in [-0.4, -0.2) is 36.5 Å². The Hall–Kier alpha value is -0.450. The molecule has 1 saturated heterocycles. The van der Waals surface area contributed by atoms with Gasteiger partial charge in [0, 0.05) is 13.5 Å². The molecule has 0 aromatic carbocycles. The van der Waals surface area contributed by atoms with Gasteiger partial charge in [-0.25, -0.2) is 0 Å². The van der Waals surface area contributed by atoms with Crippen LogP contribution >= 0.6 is 0 Å². The summed E-state index contributed by atoms with van der Waals surface area (Å²) >= 11 is 0. The van der Waals surface area contributed by atoms with Gasteiger partial charge >= 0.3 is 0 Å². The number of hydrogen-bond acceptors (Lipinski definition) is 4. The standard InChI is InChI=1S/C7H12O4/c1-4-5(8)3-6(9)7(10-2)11-4/h4-5,7-8H,3H2,1-2H3/t4-,5-,7-/m0/s1. The second-order valence-electron chi connectivity index (χ2n) is 2.65. The summed E-state index contributed by atoms with van der Waals surface area (Å²) in [7, 11) is 1.41. The van der Waals surface area contributed by atoms with Gasteiger partial charge in [-0.1, -0.05) is 0 Å². The van der Waals surface area contributed by atoms with Crippen molar-refractivity contribution >= 4 is 5.78 Å². The summed E-state index contributed by atoms with van der Waals surface area (Å²) < 4.78 is 9.78. The normalized spacial score (nSPS) is 39.2. The molecule has 0 amide bonds. The number of Topliss-reactive ketones (excluding diaryl/α,β-unsaturated/α-hetero) is 1. The lowest BCUT2D eigenvalue weighted by atomic mass is 10.1. The molecule has 1 heterocycles. The number of methoxy groups -OCH3 is 1. The van der Waals surface area contributed by atoms with Gasteiger partial charge < -0.3 is 14.6 Å². The highest BCUT2D eigenvalue weighted by atomic mass is 16.7. The zero-order valence-corrected chi connectivity index (χ0v) is 6.61. The first kappa shape index (κ1) is 8.64. The van der Waals surface area contributed by atoms with E-state index in [-0.39, 0.29) is 18.3 Å². The molecule has 0 spiro atoms. The molecule has 0 bridgehead atoms. The van der Waals surface area contributed by atoms with Gasteiger partial charge in [-0.05, 0) is 6.92 Å². The lowest BCUT2D eigenvalue weighted by Crippen LogP contribution is -2.43. The van der Waals surface area contributed by atoms with Crippen LogP contribution < -0.4 is 0 Å². The summed E-state index contributed by atoms with van der Waals surface area (Å²) in [5, 5.41) is 9.16. The molecule has 0 aromatic rings. The van der Waals surface area contributed by atoms with Crippen molar-refractivity contribution in [3.63, 3.8) is 0 Å². The highest BCUT2D eigenvalue weighted by Crippen LogP contribution is 2.16. The molecular weight excluding hydrogens is 148 g/mol. The minimum Gasteiger partial charge on any atom is -0.390 e. The molecule has 1 fully saturated rings. The number of ketones is 1. The first-order valence-corrected chi connectivity index (χ1v) is 3.54. The van der Waals surface area contributed by atoms with E-state index in [1.165, 1.54) is 7.11 Å². The van der Waals surface area contributed by atoms with E-state index in [0.717, 1.165) is 0 Å². The number of ether oxygens (including phenoxy) is 2. The molecule has 4 nitrogen and oxygen atoms in total. The molecule has 11 heavy (non-hydrogen) atoms. The molecule has 0 radical (unpaired) electrons. The Labute approximate surface area is 65.1 Å². The monoisotopic (exact) mass is 160 g/mol. The van der Waals surface area contributed by atoms with Crippen molar-refractivity contribution in [2.24, 2.45) is 0 Å². The minimum absolute atomic E-state index is 0.125. The van der Waals surface area contributed by atoms with Crippen LogP contribution in [0.2, 0.25) is 0 Å². The van der Waals surface area contributed by atoms with Crippen LogP contribution in [0.5, 0.6) is 0 Å². The molecular formula is C7H12O4. The molecule has 1 N–H and O–H groups in total. The van der Waals surface area contributed by atoms with E-state index in [4.69, 9.17) is 14.6 Å². The van der Waals surface area contributed by atoms with E-state index in [1.54, 1.807) is 6.92 Å². The fourth-order valence-electron chi connectivity index (χ4n) is 1.02. The number of aliphatic hydroxyl groups excluding tert-OH is 1. The topological polar surface area (TPSA) is 55.8 Å². The predicted molar refractivity (Wildman–Crippen MR) is 37.0 cm³/mol. The molecule has 1 aliphatic rings. The van der Waals surface area contributed by atoms with E-state index >= 15 is 0 Å². The zero-order valence-electron chi connectivity index (χ0n) is 6.61. The molecule has 3 atom stereocenters. The van der Waals surface area contributed by atoms with Gasteiger partial charge in [-0.15, -0.1) is 0 Å². The second-order valence-corrected chi connectivity index (χ2v) is 2.65. The molecule has 1 aliphatic heterocycles. The van der Waals surface area contributed by atoms with Crippen LogP contribution in [-0.2, 0) is 14.3 Å². The molecule has 4 heteroatoms. The van der Waals surface area contributed by atoms with Gasteiger partial charge in [0.25, 0.3) is 0 Å². The molecule has 0 saturated carbocycles. The maximum absolute atomic E-state index is 11.0. The summed E-state index contributed by atoms with van der Waals surface area (Å²) in [6.45, 7) is 1.71. The van der Waals surface area contributed by atoms with Gasteiger partial charge in [0.1, 0.15) is 0 Å². The number of hydrogen-bond donors (Lipinski definition) is 1. The average molecular weight is 160 g/mol. The largest absolute Gasteiger partial charge is 0.390 e. The molecule has 0 unspecified atom stereocenters. The van der Waals surface area contributed by atoms with Crippen molar-refractivity contribution in [1.29, 1.82) is 0 Å². The second kappa shape index (κ2) is 3.30. The van der Waals surface area contributed by atoms with Crippen LogP contribution in [0.25, 0.3) is 0 Å². The third kappa shape index (κ3) is 1.77. The summed E-state index contributed by atoms with van der Waals surface area (Å²) in [5.74, 6) is -0.196. The Kier molecular flexibility index (Phi) is 2.59. The lowest BCUT2D eigenvalue weighted by molar-refractivity contribution is -0.203. The van der Waals surface area contributed by atoms with Crippen LogP contribution in [0.4, 0.5) is 0 Å². The maximum Gasteiger partial charge on any atom is 0.217 e. The number of aliphatic hydroxyl groups is 1. The van der Waals surface area contributed by atoms with Crippen LogP contribution in [0.1, 0.15) is 13.3 Å². The van der Waals surface area contributed by atoms with E-state index in [0.29, 0.717) is 0 Å². The van der Waals surface area contributed by atoms with Crippen LogP contribution in [0, 0.1) is 0 Å².